The van der Waals surface area contributed by atoms with Gasteiger partial charge in [0.2, 0.25) is 0 Å². The van der Waals surface area contributed by atoms with Gasteiger partial charge < -0.3 is 16.0 Å². The zero-order valence-electron chi connectivity index (χ0n) is 30.0. The van der Waals surface area contributed by atoms with Crippen molar-refractivity contribution in [3.05, 3.63) is 107 Å². The van der Waals surface area contributed by atoms with E-state index in [4.69, 9.17) is 28.9 Å². The van der Waals surface area contributed by atoms with E-state index in [0.717, 1.165) is 61.4 Å². The van der Waals surface area contributed by atoms with Gasteiger partial charge in [-0.05, 0) is 97.0 Å². The Balaban J connectivity index is -0.000000694. The van der Waals surface area contributed by atoms with E-state index in [1.165, 1.54) is 49.0 Å². The first-order valence-electron chi connectivity index (χ1n) is 15.9. The normalized spacial score (nSPS) is 11.1. The van der Waals surface area contributed by atoms with E-state index in [1.54, 1.807) is 33.2 Å². The third-order valence-corrected chi connectivity index (χ3v) is 10.2. The van der Waals surface area contributed by atoms with Crippen molar-refractivity contribution in [2.45, 2.75) is 66.5 Å². The predicted molar refractivity (Wildman–Crippen MR) is 288 cm³/mol. The van der Waals surface area contributed by atoms with Crippen LogP contribution >= 0.6 is 176 Å². The molecule has 5 rings (SSSR count). The predicted octanol–water partition coefficient (Wildman–Crippen LogP) is 13.5. The van der Waals surface area contributed by atoms with Gasteiger partial charge in [-0.3, -0.25) is 0 Å². The van der Waals surface area contributed by atoms with Crippen LogP contribution < -0.4 is 29.2 Å². The third kappa shape index (κ3) is 27.4. The van der Waals surface area contributed by atoms with Crippen LogP contribution in [0, 0.1) is 27.7 Å². The van der Waals surface area contributed by atoms with Gasteiger partial charge in [0.15, 0.2) is 0 Å². The van der Waals surface area contributed by atoms with Gasteiger partial charge in [0, 0.05) is 122 Å². The number of alkyl halides is 2. The summed E-state index contributed by atoms with van der Waals surface area (Å²) in [6, 6.07) is 29.9. The minimum atomic E-state index is 0. The van der Waals surface area contributed by atoms with Crippen molar-refractivity contribution in [3.8, 4) is 0 Å². The van der Waals surface area contributed by atoms with E-state index < -0.39 is 0 Å². The molecule has 1 fully saturated rings. The Kier molecular flexibility index (Phi) is 45.9. The van der Waals surface area contributed by atoms with Crippen LogP contribution in [-0.4, -0.2) is 37.9 Å². The number of halogens is 11. The van der Waals surface area contributed by atoms with Crippen LogP contribution in [0.25, 0.3) is 0 Å². The van der Waals surface area contributed by atoms with Crippen molar-refractivity contribution >= 4 is 188 Å². The fourth-order valence-corrected chi connectivity index (χ4v) is 7.06. The first kappa shape index (κ1) is 60.3. The van der Waals surface area contributed by atoms with Gasteiger partial charge >= 0.3 is 50.5 Å². The molecule has 0 aromatic heterocycles. The Labute approximate surface area is 421 Å². The number of aryl methyl sites for hydroxylation is 4. The topological polar surface area (TPSA) is 41.3 Å². The van der Waals surface area contributed by atoms with E-state index in [2.05, 4.69) is 188 Å². The maximum absolute atomic E-state index is 5.93. The molecule has 0 amide bonds. The van der Waals surface area contributed by atoms with Crippen molar-refractivity contribution in [2.24, 2.45) is 0 Å². The van der Waals surface area contributed by atoms with Crippen molar-refractivity contribution in [1.82, 2.24) is 5.32 Å². The quantitative estimate of drug-likeness (QED) is 0.0757. The number of nitrogen functional groups attached to an aromatic ring is 1. The summed E-state index contributed by atoms with van der Waals surface area (Å²) in [5.74, 6) is 1.55. The fourth-order valence-electron chi connectivity index (χ4n) is 4.71. The zero-order valence-corrected chi connectivity index (χ0v) is 48.5. The number of hydrogen-bond donors (Lipinski definition) is 2. The average Bonchev–Trinajstić information content (AvgIpc) is 3.15. The number of benzene rings is 4. The number of nitrogens with zero attached hydrogens (tertiary/aromatic N) is 1. The molecule has 3 N–H and O–H groups in total. The first-order valence-corrected chi connectivity index (χ1v) is 40.2. The Morgan fingerprint density at radius 2 is 1.08 bits per heavy atom. The molecule has 4 aromatic carbocycles. The second kappa shape index (κ2) is 40.4. The molecule has 3 nitrogen and oxygen atoms in total. The fraction of sp³-hybridized carbons (Fsp3) is 0.351. The van der Waals surface area contributed by atoms with E-state index in [-0.39, 0.29) is 24.8 Å². The van der Waals surface area contributed by atoms with E-state index in [0.29, 0.717) is 13.3 Å². The summed E-state index contributed by atoms with van der Waals surface area (Å²) in [4.78, 5) is 7.58. The summed E-state index contributed by atoms with van der Waals surface area (Å²) in [6.07, 6.45) is 3.38. The standard InChI is InChI=1S/C18H22N2S.C14H15NS.C5H10Cl2.ClI.2ClH.I3.I2/c1-14-7-8-17(15(2)13-14)21-18-6-4-3-5-16(18)20-11-9-19-10-12-20;1-10-7-8-13(11(2)9-10)16-14-6-4-3-5-12(14)15;6-4-2-1-3-5-7;1-2;;;1-3-2;1-2/h3-8,13,19H,9-12H2,1-2H3;3-9H,15H2,1-2H3;1-5H2;;2*1H;;/q;;;;;;-1;. The summed E-state index contributed by atoms with van der Waals surface area (Å²) < 4.78 is 0. The number of anilines is 2. The summed E-state index contributed by atoms with van der Waals surface area (Å²) in [7, 11) is 4.61. The van der Waals surface area contributed by atoms with E-state index in [9.17, 15) is 0 Å². The summed E-state index contributed by atoms with van der Waals surface area (Å²) in [6.45, 7) is 12.9. The Morgan fingerprint density at radius 3 is 1.51 bits per heavy atom. The van der Waals surface area contributed by atoms with Gasteiger partial charge in [0.05, 0.1) is 5.69 Å². The summed E-state index contributed by atoms with van der Waals surface area (Å²) >= 11 is 25.6. The van der Waals surface area contributed by atoms with E-state index >= 15 is 0 Å². The number of unbranched alkanes of at least 4 members (excludes halogenated alkanes) is 2. The summed E-state index contributed by atoms with van der Waals surface area (Å²) in [5, 5.41) is 3.42. The number of rotatable bonds is 9. The monoisotopic (exact) mass is 1540 g/mol. The molecule has 0 saturated carbocycles. The molecular weight excluding hydrogens is 1490 g/mol. The van der Waals surface area contributed by atoms with Crippen LogP contribution in [0.3, 0.4) is 0 Å². The molecule has 1 saturated heterocycles. The Hall–Kier alpha value is 2.97. The molecule has 4 aromatic rings. The van der Waals surface area contributed by atoms with Crippen LogP contribution in [0.1, 0.15) is 41.5 Å². The molecule has 1 heterocycles. The molecule has 1 aliphatic heterocycles. The maximum atomic E-state index is 5.93. The van der Waals surface area contributed by atoms with Crippen molar-refractivity contribution in [3.63, 3.8) is 0 Å². The molecule has 0 bridgehead atoms. The zero-order chi connectivity index (χ0) is 38.4. The molecule has 302 valence electrons. The Morgan fingerprint density at radius 1 is 0.660 bits per heavy atom. The SMILES string of the molecule is Cc1ccc(Sc2ccccc2N)c(C)c1.Cc1ccc(Sc2ccccc2N2CCNCC2)c(C)c1.Cl.Cl.ClCCCCCCl.ClI.II.I[I-]I. The van der Waals surface area contributed by atoms with Crippen LogP contribution in [0.4, 0.5) is 11.4 Å². The minimum absolute atomic E-state index is 0. The van der Waals surface area contributed by atoms with Crippen molar-refractivity contribution < 1.29 is 13.3 Å². The van der Waals surface area contributed by atoms with Gasteiger partial charge in [-0.1, -0.05) is 89.6 Å². The van der Waals surface area contributed by atoms with Crippen LogP contribution in [0.2, 0.25) is 0 Å². The van der Waals surface area contributed by atoms with Gasteiger partial charge in [-0.2, -0.15) is 0 Å². The number of para-hydroxylation sites is 2. The molecule has 0 radical (unpaired) electrons. The second-order valence-corrected chi connectivity index (χ2v) is 30.1. The average molecular weight is 1540 g/mol. The van der Waals surface area contributed by atoms with Gasteiger partial charge in [0.25, 0.3) is 0 Å². The van der Waals surface area contributed by atoms with E-state index in [1.807, 2.05) is 30.0 Å². The van der Waals surface area contributed by atoms with Crippen LogP contribution in [0.15, 0.2) is 105 Å². The Bertz CT molecular complexity index is 1470. The molecule has 16 heteroatoms. The molecule has 0 spiro atoms. The van der Waals surface area contributed by atoms with Gasteiger partial charge in [0.1, 0.15) is 0 Å². The number of nitrogens with one attached hydrogen (secondary N) is 1. The van der Waals surface area contributed by atoms with Gasteiger partial charge in [-0.15, -0.1) is 48.0 Å². The molecule has 0 aliphatic carbocycles. The number of nitrogens with two attached hydrogens (primary N) is 1. The second-order valence-electron chi connectivity index (χ2n) is 11.0. The molecule has 1 aliphatic rings. The van der Waals surface area contributed by atoms with Crippen LogP contribution in [0.5, 0.6) is 0 Å². The number of piperazine rings is 1. The molecular formula is C37H49Cl5I6N3S2-. The van der Waals surface area contributed by atoms with Crippen molar-refractivity contribution in [1.29, 1.82) is 0 Å². The van der Waals surface area contributed by atoms with Crippen molar-refractivity contribution in [2.75, 3.05) is 48.6 Å². The van der Waals surface area contributed by atoms with Gasteiger partial charge in [-0.25, -0.2) is 0 Å². The number of hydrogen-bond acceptors (Lipinski definition) is 5. The molecule has 53 heavy (non-hydrogen) atoms. The first-order chi connectivity index (χ1) is 24.7. The molecule has 0 atom stereocenters. The summed E-state index contributed by atoms with van der Waals surface area (Å²) in [5.41, 5.74) is 13.4. The molecule has 0 unspecified atom stereocenters. The third-order valence-electron chi connectivity index (χ3n) is 7.11. The van der Waals surface area contributed by atoms with Crippen LogP contribution in [-0.2, 0) is 0 Å².